The van der Waals surface area contributed by atoms with Crippen LogP contribution >= 0.6 is 0 Å². The molecule has 0 fully saturated rings. The molecule has 0 atom stereocenters. The third-order valence-electron chi connectivity index (χ3n) is 3.83. The van der Waals surface area contributed by atoms with Gasteiger partial charge in [-0.05, 0) is 38.3 Å². The number of ether oxygens (including phenoxy) is 2. The number of aryl methyl sites for hydroxylation is 1. The normalized spacial score (nSPS) is 11.8. The summed E-state index contributed by atoms with van der Waals surface area (Å²) < 4.78 is 38.4. The predicted molar refractivity (Wildman–Crippen MR) is 101 cm³/mol. The average molecular weight is 390 g/mol. The minimum Gasteiger partial charge on any atom is -0.461 e. The van der Waals surface area contributed by atoms with Gasteiger partial charge in [0.05, 0.1) is 0 Å². The number of carbonyl (C=O) groups is 2. The van der Waals surface area contributed by atoms with Gasteiger partial charge >= 0.3 is 17.9 Å². The van der Waals surface area contributed by atoms with Gasteiger partial charge in [-0.1, -0.05) is 54.6 Å². The fourth-order valence-corrected chi connectivity index (χ4v) is 2.40. The van der Waals surface area contributed by atoms with Crippen molar-refractivity contribution in [2.75, 3.05) is 0 Å². The number of rotatable bonds is 7. The van der Waals surface area contributed by atoms with Gasteiger partial charge < -0.3 is 9.47 Å². The van der Waals surface area contributed by atoms with Gasteiger partial charge in [-0.2, -0.15) is 8.78 Å². The maximum absolute atomic E-state index is 14.2. The number of hydrogen-bond donors (Lipinski definition) is 0. The van der Waals surface area contributed by atoms with E-state index in [2.05, 4.69) is 0 Å². The van der Waals surface area contributed by atoms with Crippen LogP contribution < -0.4 is 0 Å². The van der Waals surface area contributed by atoms with Crippen molar-refractivity contribution in [2.45, 2.75) is 51.7 Å². The molecular weight excluding hydrogens is 366 g/mol. The molecule has 0 aliphatic carbocycles. The molecule has 0 spiro atoms. The van der Waals surface area contributed by atoms with E-state index in [1.807, 2.05) is 30.3 Å². The van der Waals surface area contributed by atoms with E-state index < -0.39 is 23.1 Å². The first-order valence-corrected chi connectivity index (χ1v) is 8.98. The SMILES string of the molecule is CC(C)(C)OC(=O)C(F)(F)c1ccc(CCC(=O)OCc2ccccc2)cc1. The summed E-state index contributed by atoms with van der Waals surface area (Å²) in [5.74, 6) is -5.69. The molecule has 0 bridgehead atoms. The Morgan fingerprint density at radius 3 is 2.07 bits per heavy atom. The summed E-state index contributed by atoms with van der Waals surface area (Å²) in [6.45, 7) is 4.78. The van der Waals surface area contributed by atoms with Crippen molar-refractivity contribution in [1.29, 1.82) is 0 Å². The zero-order chi connectivity index (χ0) is 20.8. The lowest BCUT2D eigenvalue weighted by Gasteiger charge is -2.23. The number of benzene rings is 2. The zero-order valence-electron chi connectivity index (χ0n) is 16.2. The Kier molecular flexibility index (Phi) is 6.89. The molecule has 0 aliphatic rings. The Morgan fingerprint density at radius 1 is 0.893 bits per heavy atom. The second kappa shape index (κ2) is 8.95. The number of halogens is 2. The minimum absolute atomic E-state index is 0.134. The molecule has 0 radical (unpaired) electrons. The van der Waals surface area contributed by atoms with Gasteiger partial charge in [0.2, 0.25) is 0 Å². The van der Waals surface area contributed by atoms with Crippen molar-refractivity contribution in [1.82, 2.24) is 0 Å². The number of hydrogen-bond acceptors (Lipinski definition) is 4. The van der Waals surface area contributed by atoms with Crippen LogP contribution in [0, 0.1) is 0 Å². The summed E-state index contributed by atoms with van der Waals surface area (Å²) >= 11 is 0. The van der Waals surface area contributed by atoms with Crippen LogP contribution in [0.1, 0.15) is 43.9 Å². The molecule has 2 aromatic rings. The quantitative estimate of drug-likeness (QED) is 0.638. The van der Waals surface area contributed by atoms with Crippen molar-refractivity contribution in [2.24, 2.45) is 0 Å². The number of alkyl halides is 2. The van der Waals surface area contributed by atoms with Crippen LogP contribution in [0.3, 0.4) is 0 Å². The average Bonchev–Trinajstić information content (AvgIpc) is 2.64. The highest BCUT2D eigenvalue weighted by Crippen LogP contribution is 2.31. The highest BCUT2D eigenvalue weighted by Gasteiger charge is 2.44. The molecule has 0 saturated carbocycles. The monoisotopic (exact) mass is 390 g/mol. The van der Waals surface area contributed by atoms with E-state index in [9.17, 15) is 18.4 Å². The van der Waals surface area contributed by atoms with E-state index in [0.29, 0.717) is 12.0 Å². The van der Waals surface area contributed by atoms with Crippen molar-refractivity contribution in [3.63, 3.8) is 0 Å². The van der Waals surface area contributed by atoms with Crippen molar-refractivity contribution in [3.8, 4) is 0 Å². The summed E-state index contributed by atoms with van der Waals surface area (Å²) in [6.07, 6.45) is 0.487. The van der Waals surface area contributed by atoms with Gasteiger partial charge in [0.15, 0.2) is 0 Å². The predicted octanol–water partition coefficient (Wildman–Crippen LogP) is 4.80. The van der Waals surface area contributed by atoms with Crippen LogP contribution in [-0.4, -0.2) is 17.5 Å². The van der Waals surface area contributed by atoms with Crippen LogP contribution in [0.25, 0.3) is 0 Å². The molecule has 0 N–H and O–H groups in total. The summed E-state index contributed by atoms with van der Waals surface area (Å²) in [5, 5.41) is 0. The molecule has 6 heteroatoms. The largest absolute Gasteiger partial charge is 0.461 e. The summed E-state index contributed by atoms with van der Waals surface area (Å²) in [7, 11) is 0. The molecule has 2 rings (SSSR count). The van der Waals surface area contributed by atoms with Crippen LogP contribution in [0.15, 0.2) is 54.6 Å². The van der Waals surface area contributed by atoms with Crippen molar-refractivity contribution >= 4 is 11.9 Å². The van der Waals surface area contributed by atoms with E-state index in [4.69, 9.17) is 9.47 Å². The highest BCUT2D eigenvalue weighted by molar-refractivity contribution is 5.79. The Hall–Kier alpha value is -2.76. The van der Waals surface area contributed by atoms with Crippen molar-refractivity contribution < 1.29 is 27.8 Å². The van der Waals surface area contributed by atoms with E-state index in [1.54, 1.807) is 0 Å². The number of carbonyl (C=O) groups excluding carboxylic acids is 2. The van der Waals surface area contributed by atoms with Gasteiger partial charge in [0, 0.05) is 12.0 Å². The second-order valence-electron chi connectivity index (χ2n) is 7.42. The van der Waals surface area contributed by atoms with E-state index in [-0.39, 0.29) is 19.0 Å². The Morgan fingerprint density at radius 2 is 1.50 bits per heavy atom. The van der Waals surface area contributed by atoms with Gasteiger partial charge in [0.1, 0.15) is 12.2 Å². The van der Waals surface area contributed by atoms with Crippen LogP contribution in [0.4, 0.5) is 8.78 Å². The lowest BCUT2D eigenvalue weighted by molar-refractivity contribution is -0.185. The molecule has 0 aliphatic heterocycles. The molecular formula is C22H24F2O4. The summed E-state index contributed by atoms with van der Waals surface area (Å²) in [5.41, 5.74) is 0.141. The smallest absolute Gasteiger partial charge is 0.382 e. The molecule has 0 heterocycles. The van der Waals surface area contributed by atoms with Gasteiger partial charge in [-0.15, -0.1) is 0 Å². The topological polar surface area (TPSA) is 52.6 Å². The van der Waals surface area contributed by atoms with Gasteiger partial charge in [0.25, 0.3) is 0 Å². The van der Waals surface area contributed by atoms with Crippen LogP contribution in [0.2, 0.25) is 0 Å². The van der Waals surface area contributed by atoms with Crippen LogP contribution in [-0.2, 0) is 38.0 Å². The third-order valence-corrected chi connectivity index (χ3v) is 3.83. The van der Waals surface area contributed by atoms with E-state index >= 15 is 0 Å². The highest BCUT2D eigenvalue weighted by atomic mass is 19.3. The number of esters is 2. The Labute approximate surface area is 163 Å². The fraction of sp³-hybridized carbons (Fsp3) is 0.364. The zero-order valence-corrected chi connectivity index (χ0v) is 16.2. The van der Waals surface area contributed by atoms with E-state index in [1.165, 1.54) is 45.0 Å². The molecule has 4 nitrogen and oxygen atoms in total. The molecule has 0 aromatic heterocycles. The fourth-order valence-electron chi connectivity index (χ4n) is 2.40. The first-order valence-electron chi connectivity index (χ1n) is 8.98. The molecule has 0 amide bonds. The maximum atomic E-state index is 14.2. The Bertz CT molecular complexity index is 794. The lowest BCUT2D eigenvalue weighted by atomic mass is 10.0. The molecule has 0 saturated heterocycles. The van der Waals surface area contributed by atoms with Gasteiger partial charge in [-0.25, -0.2) is 4.79 Å². The van der Waals surface area contributed by atoms with Crippen molar-refractivity contribution in [3.05, 3.63) is 71.3 Å². The van der Waals surface area contributed by atoms with Gasteiger partial charge in [-0.3, -0.25) is 4.79 Å². The maximum Gasteiger partial charge on any atom is 0.382 e. The summed E-state index contributed by atoms with van der Waals surface area (Å²) in [6, 6.07) is 14.6. The molecule has 150 valence electrons. The van der Waals surface area contributed by atoms with E-state index in [0.717, 1.165) is 5.56 Å². The van der Waals surface area contributed by atoms with Crippen LogP contribution in [0.5, 0.6) is 0 Å². The second-order valence-corrected chi connectivity index (χ2v) is 7.42. The molecule has 0 unspecified atom stereocenters. The first-order chi connectivity index (χ1) is 13.1. The lowest BCUT2D eigenvalue weighted by Crippen LogP contribution is -2.34. The molecule has 2 aromatic carbocycles. The molecule has 28 heavy (non-hydrogen) atoms. The Balaban J connectivity index is 1.88. The third kappa shape index (κ3) is 6.44. The summed E-state index contributed by atoms with van der Waals surface area (Å²) in [4.78, 5) is 23.6. The first kappa shape index (κ1) is 21.5. The minimum atomic E-state index is -3.74. The standard InChI is InChI=1S/C22H24F2O4/c1-21(2,3)28-20(26)22(23,24)18-12-9-16(10-13-18)11-14-19(25)27-15-17-7-5-4-6-8-17/h4-10,12-13H,11,14-15H2,1-3H3.